The minimum Gasteiger partial charge on any atom is -0.459 e. The van der Waals surface area contributed by atoms with Gasteiger partial charge in [-0.05, 0) is 24.3 Å². The number of carbonyl (C=O) groups excluding carboxylic acids is 1. The zero-order valence-corrected chi connectivity index (χ0v) is 12.8. The lowest BCUT2D eigenvalue weighted by Crippen LogP contribution is -2.11. The number of aromatic amines is 1. The molecule has 1 aromatic carbocycles. The lowest BCUT2D eigenvalue weighted by molar-refractivity contribution is 0.0997. The molecule has 1 amide bonds. The maximum Gasteiger partial charge on any atom is 0.291 e. The van der Waals surface area contributed by atoms with Crippen LogP contribution in [0.1, 0.15) is 10.6 Å². The zero-order chi connectivity index (χ0) is 15.9. The van der Waals surface area contributed by atoms with Gasteiger partial charge in [0.1, 0.15) is 5.52 Å². The molecule has 3 aromatic rings. The van der Waals surface area contributed by atoms with Gasteiger partial charge in [-0.2, -0.15) is 0 Å². The average Bonchev–Trinajstić information content (AvgIpc) is 3.09. The first-order valence-corrected chi connectivity index (χ1v) is 8.36. The highest BCUT2D eigenvalue weighted by Crippen LogP contribution is 2.31. The summed E-state index contributed by atoms with van der Waals surface area (Å²) in [5.74, 6) is -0.407. The molecule has 0 aliphatic rings. The molecule has 0 fully saturated rings. The van der Waals surface area contributed by atoms with Crippen LogP contribution in [0.5, 0.6) is 0 Å². The molecule has 0 radical (unpaired) electrons. The number of amides is 1. The molecule has 0 unspecified atom stereocenters. The highest BCUT2D eigenvalue weighted by Gasteiger charge is 2.19. The molecule has 114 valence electrons. The van der Waals surface area contributed by atoms with Gasteiger partial charge in [-0.1, -0.05) is 11.6 Å². The van der Waals surface area contributed by atoms with Gasteiger partial charge in [0, 0.05) is 6.26 Å². The third kappa shape index (κ3) is 2.58. The standard InChI is InChI=1S/C13H10ClN3O4S/c1-22(19,20)13-15-8-5-4-7(14)10(11(8)17-13)16-12(18)9-3-2-6-21-9/h2-6H,1H3,(H,15,17)(H,16,18). The highest BCUT2D eigenvalue weighted by atomic mass is 35.5. The van der Waals surface area contributed by atoms with Gasteiger partial charge < -0.3 is 14.7 Å². The Morgan fingerprint density at radius 2 is 2.14 bits per heavy atom. The molecule has 0 aliphatic heterocycles. The molecular formula is C13H10ClN3O4S. The fourth-order valence-corrected chi connectivity index (χ4v) is 2.66. The summed E-state index contributed by atoms with van der Waals surface area (Å²) in [6.45, 7) is 0. The van der Waals surface area contributed by atoms with Crippen molar-refractivity contribution in [2.45, 2.75) is 5.16 Å². The highest BCUT2D eigenvalue weighted by molar-refractivity contribution is 7.90. The van der Waals surface area contributed by atoms with Crippen molar-refractivity contribution in [2.75, 3.05) is 11.6 Å². The summed E-state index contributed by atoms with van der Waals surface area (Å²) in [4.78, 5) is 18.7. The van der Waals surface area contributed by atoms with Crippen molar-refractivity contribution in [2.24, 2.45) is 0 Å². The Kier molecular flexibility index (Phi) is 3.42. The predicted molar refractivity (Wildman–Crippen MR) is 80.9 cm³/mol. The number of fused-ring (bicyclic) bond motifs is 1. The fraction of sp³-hybridized carbons (Fsp3) is 0.0769. The Hall–Kier alpha value is -2.32. The number of benzene rings is 1. The van der Waals surface area contributed by atoms with E-state index >= 15 is 0 Å². The molecule has 0 saturated heterocycles. The normalized spacial score (nSPS) is 11.7. The van der Waals surface area contributed by atoms with Crippen molar-refractivity contribution in [3.8, 4) is 0 Å². The zero-order valence-electron chi connectivity index (χ0n) is 11.3. The quantitative estimate of drug-likeness (QED) is 0.762. The number of furan rings is 1. The van der Waals surface area contributed by atoms with Crippen LogP contribution in [-0.2, 0) is 9.84 Å². The molecule has 2 N–H and O–H groups in total. The van der Waals surface area contributed by atoms with E-state index in [0.717, 1.165) is 6.26 Å². The molecule has 22 heavy (non-hydrogen) atoms. The number of anilines is 1. The predicted octanol–water partition coefficient (Wildman–Crippen LogP) is 2.47. The van der Waals surface area contributed by atoms with Crippen LogP contribution in [0.2, 0.25) is 5.02 Å². The number of imidazole rings is 1. The molecule has 0 bridgehead atoms. The van der Waals surface area contributed by atoms with E-state index in [1.165, 1.54) is 18.4 Å². The van der Waals surface area contributed by atoms with E-state index in [4.69, 9.17) is 16.0 Å². The molecule has 2 heterocycles. The maximum absolute atomic E-state index is 12.1. The Labute approximate surface area is 130 Å². The van der Waals surface area contributed by atoms with Crippen molar-refractivity contribution in [1.29, 1.82) is 0 Å². The van der Waals surface area contributed by atoms with Crippen molar-refractivity contribution >= 4 is 44.1 Å². The van der Waals surface area contributed by atoms with E-state index in [-0.39, 0.29) is 27.1 Å². The van der Waals surface area contributed by atoms with E-state index in [1.807, 2.05) is 0 Å². The van der Waals surface area contributed by atoms with Gasteiger partial charge in [0.15, 0.2) is 5.76 Å². The Morgan fingerprint density at radius 1 is 1.36 bits per heavy atom. The number of aromatic nitrogens is 2. The second-order valence-corrected chi connectivity index (χ2v) is 6.90. The first kappa shape index (κ1) is 14.6. The lowest BCUT2D eigenvalue weighted by Gasteiger charge is -2.06. The average molecular weight is 340 g/mol. The number of nitrogens with zero attached hydrogens (tertiary/aromatic N) is 1. The molecule has 0 aliphatic carbocycles. The molecule has 0 saturated carbocycles. The van der Waals surface area contributed by atoms with Crippen LogP contribution in [-0.4, -0.2) is 30.5 Å². The number of H-pyrrole nitrogens is 1. The Bertz CT molecular complexity index is 961. The third-order valence-electron chi connectivity index (χ3n) is 2.92. The summed E-state index contributed by atoms with van der Waals surface area (Å²) in [6, 6.07) is 6.19. The van der Waals surface area contributed by atoms with Crippen molar-refractivity contribution < 1.29 is 17.6 Å². The van der Waals surface area contributed by atoms with Gasteiger partial charge in [0.05, 0.1) is 22.5 Å². The van der Waals surface area contributed by atoms with Crippen molar-refractivity contribution in [3.05, 3.63) is 41.3 Å². The number of sulfone groups is 1. The van der Waals surface area contributed by atoms with E-state index < -0.39 is 15.7 Å². The number of hydrogen-bond donors (Lipinski definition) is 2. The van der Waals surface area contributed by atoms with Crippen molar-refractivity contribution in [1.82, 2.24) is 9.97 Å². The molecule has 0 spiro atoms. The first-order chi connectivity index (χ1) is 10.4. The van der Waals surface area contributed by atoms with Crippen LogP contribution in [0.4, 0.5) is 5.69 Å². The monoisotopic (exact) mass is 339 g/mol. The van der Waals surface area contributed by atoms with Gasteiger partial charge >= 0.3 is 0 Å². The van der Waals surface area contributed by atoms with Crippen LogP contribution in [0.25, 0.3) is 11.0 Å². The lowest BCUT2D eigenvalue weighted by atomic mass is 10.2. The summed E-state index contributed by atoms with van der Waals surface area (Å²) in [7, 11) is -3.51. The summed E-state index contributed by atoms with van der Waals surface area (Å²) in [5, 5.41) is 2.62. The second-order valence-electron chi connectivity index (χ2n) is 4.56. The summed E-state index contributed by atoms with van der Waals surface area (Å²) >= 11 is 6.08. The van der Waals surface area contributed by atoms with Gasteiger partial charge in [-0.15, -0.1) is 0 Å². The van der Waals surface area contributed by atoms with E-state index in [1.54, 1.807) is 12.1 Å². The number of hydrogen-bond acceptors (Lipinski definition) is 5. The number of rotatable bonds is 3. The first-order valence-electron chi connectivity index (χ1n) is 6.09. The van der Waals surface area contributed by atoms with Gasteiger partial charge in [-0.25, -0.2) is 13.4 Å². The fourth-order valence-electron chi connectivity index (χ4n) is 1.91. The molecular weight excluding hydrogens is 330 g/mol. The molecule has 9 heteroatoms. The third-order valence-corrected chi connectivity index (χ3v) is 4.13. The van der Waals surface area contributed by atoms with Crippen LogP contribution in [0.3, 0.4) is 0 Å². The van der Waals surface area contributed by atoms with E-state index in [0.29, 0.717) is 5.52 Å². The van der Waals surface area contributed by atoms with Gasteiger partial charge in [0.25, 0.3) is 5.91 Å². The largest absolute Gasteiger partial charge is 0.459 e. The molecule has 2 aromatic heterocycles. The van der Waals surface area contributed by atoms with Crippen molar-refractivity contribution in [3.63, 3.8) is 0 Å². The van der Waals surface area contributed by atoms with E-state index in [2.05, 4.69) is 15.3 Å². The number of nitrogens with one attached hydrogen (secondary N) is 2. The number of halogens is 1. The van der Waals surface area contributed by atoms with Crippen LogP contribution in [0.15, 0.2) is 40.1 Å². The Balaban J connectivity index is 2.10. The minimum atomic E-state index is -3.51. The van der Waals surface area contributed by atoms with Gasteiger partial charge in [-0.3, -0.25) is 4.79 Å². The molecule has 0 atom stereocenters. The van der Waals surface area contributed by atoms with E-state index in [9.17, 15) is 13.2 Å². The summed E-state index contributed by atoms with van der Waals surface area (Å²) in [5.41, 5.74) is 0.916. The van der Waals surface area contributed by atoms with Crippen LogP contribution >= 0.6 is 11.6 Å². The maximum atomic E-state index is 12.1. The van der Waals surface area contributed by atoms with Crippen LogP contribution < -0.4 is 5.32 Å². The minimum absolute atomic E-state index is 0.104. The summed E-state index contributed by atoms with van der Waals surface area (Å²) < 4.78 is 28.2. The Morgan fingerprint density at radius 3 is 2.77 bits per heavy atom. The molecule has 7 nitrogen and oxygen atoms in total. The summed E-state index contributed by atoms with van der Waals surface area (Å²) in [6.07, 6.45) is 2.40. The van der Waals surface area contributed by atoms with Gasteiger partial charge in [0.2, 0.25) is 15.0 Å². The number of carbonyl (C=O) groups is 1. The second kappa shape index (κ2) is 5.15. The topological polar surface area (TPSA) is 105 Å². The SMILES string of the molecule is CS(=O)(=O)c1nc2c(NC(=O)c3ccco3)c(Cl)ccc2[nH]1. The molecule has 3 rings (SSSR count). The smallest absolute Gasteiger partial charge is 0.291 e. The van der Waals surface area contributed by atoms with Crippen LogP contribution in [0, 0.1) is 0 Å².